The Kier molecular flexibility index (Phi) is 62.6. The first-order chi connectivity index (χ1) is 60.9. The first-order valence-electron chi connectivity index (χ1n) is 52.3. The lowest BCUT2D eigenvalue weighted by molar-refractivity contribution is -0.138. The van der Waals surface area contributed by atoms with Crippen LogP contribution in [0.4, 0.5) is 0 Å². The van der Waals surface area contributed by atoms with Crippen molar-refractivity contribution in [2.75, 3.05) is 256 Å². The van der Waals surface area contributed by atoms with Gasteiger partial charge in [-0.05, 0) is 435 Å². The van der Waals surface area contributed by atoms with Gasteiger partial charge in [-0.3, -0.25) is 4.79 Å². The van der Waals surface area contributed by atoms with Crippen LogP contribution in [0.1, 0.15) is 266 Å². The lowest BCUT2D eigenvalue weighted by Gasteiger charge is -2.35. The molecule has 12 saturated heterocycles. The number of rotatable bonds is 11. The number of methoxy groups -OCH3 is 1. The Bertz CT molecular complexity index is 2820. The van der Waals surface area contributed by atoms with Gasteiger partial charge in [-0.1, -0.05) is 103 Å². The smallest absolute Gasteiger partial charge is 0.303 e. The molecule has 14 aliphatic rings. The monoisotopic (exact) mass is 1800 g/mol. The quantitative estimate of drug-likeness (QED) is 0.196. The van der Waals surface area contributed by atoms with E-state index in [1.165, 1.54) is 295 Å². The number of likely N-dealkylation sites (N-methyl/N-ethyl adjacent to an activating group) is 1. The van der Waals surface area contributed by atoms with Crippen LogP contribution >= 0.6 is 0 Å². The van der Waals surface area contributed by atoms with Crippen LogP contribution < -0.4 is 0 Å². The molecule has 16 rings (SSSR count). The Morgan fingerprint density at radius 2 is 0.797 bits per heavy atom. The van der Waals surface area contributed by atoms with Crippen molar-refractivity contribution in [1.29, 1.82) is 0 Å². The minimum absolute atomic E-state index is 0.0220. The Hall–Kier alpha value is -2.81. The fraction of sp³-hybridized carbons (Fsp3) is 0.880. The number of aliphatic hydroxyl groups excluding tert-OH is 2. The predicted octanol–water partition coefficient (Wildman–Crippen LogP) is 17.2. The number of piperidine rings is 12. The van der Waals surface area contributed by atoms with E-state index in [0.29, 0.717) is 54.9 Å². The standard InChI is InChI=1S/C13H19N.C10H13N.C9H17NO.C9H19NO.C8H15NO2.C8H17NO.3C8H17N.C7H15NO.2C7H15N.C6H13NO/c1-14-9-7-13(8-10-14)11-12-5-3-2-4-6-12;1-11-7-6-9-4-2-3-5-10(9)8-11;1-10-6-4-9(5-7-10)11-8-2-3-8;1-8(2)11-9-4-6-10(3)7-5-9;1-9-4-2-7(3-5-9)6-8(10)11;1-9-5-2-8(3-6-9)4-7-10;1-7-4-8(2)6-9(3)5-7;1-8(2)4-6-9(3)7-5-8;1-7-5-4-6-8(2)9(7)3;1-8-5-3-7(9-2)4-6-8;1-7-3-5-8(2)6-4-7;1-7-4-3-5-8(2)6-7;1-7-4-2-6(8)3-5-7/h2-6,13H,7-11H2,1H3;2-5H,6-8H2,1H3;8-9H,2-7H2,1H3;8-9H,4-7H2,1-3H3;7H,2-6H2,1H3,(H,10,11);8,10H,2-7H2,1H3;7-8H,4-6H2,1-3H3;4-7H2,1-3H3;7-8H,4-6H2,1-3H3;7H,3-6H2,1-2H3;2*7H,3-6H2,1-2H3;6,8H,2-5H2,1H3. The Morgan fingerprint density at radius 1 is 0.398 bits per heavy atom. The van der Waals surface area contributed by atoms with E-state index in [2.05, 4.69) is 279 Å². The number of carbonyl (C=O) groups is 1. The number of likely N-dealkylation sites (tertiary alicyclic amines) is 12. The van der Waals surface area contributed by atoms with Crippen LogP contribution in [0.3, 0.4) is 0 Å². The van der Waals surface area contributed by atoms with E-state index < -0.39 is 5.97 Å². The molecule has 20 heteroatoms. The number of aliphatic hydroxyl groups is 2. The highest BCUT2D eigenvalue weighted by molar-refractivity contribution is 5.67. The molecule has 0 spiro atoms. The van der Waals surface area contributed by atoms with E-state index in [-0.39, 0.29) is 6.10 Å². The van der Waals surface area contributed by atoms with Crippen molar-refractivity contribution >= 4 is 5.97 Å². The van der Waals surface area contributed by atoms with Crippen molar-refractivity contribution in [2.24, 2.45) is 46.8 Å². The summed E-state index contributed by atoms with van der Waals surface area (Å²) in [5, 5.41) is 26.2. The number of carboxylic acids is 1. The van der Waals surface area contributed by atoms with Crippen LogP contribution in [0.25, 0.3) is 0 Å². The molecule has 3 N–H and O–H groups in total. The van der Waals surface area contributed by atoms with Gasteiger partial charge in [0.15, 0.2) is 0 Å². The van der Waals surface area contributed by atoms with Crippen molar-refractivity contribution in [3.05, 3.63) is 71.3 Å². The molecule has 5 atom stereocenters. The molecular formula is C108H209N13O7. The Morgan fingerprint density at radius 3 is 1.19 bits per heavy atom. The first kappa shape index (κ1) is 117. The molecule has 1 aliphatic carbocycles. The molecular weight excluding hydrogens is 1590 g/mol. The SMILES string of the molecule is CC(C)OC1CCN(C)CC1.CC1CC(C)CN(C)C1.CC1CCCC(C)N1C.CC1CCCN(C)C1.CC1CCN(C)CC1.CN1CCC(C)(C)CC1.CN1CCC(CC(=O)O)CC1.CN1CCC(CCO)CC1.CN1CCC(Cc2ccccc2)CC1.CN1CCC(O)CC1.CN1CCC(OC2CC2)CC1.CN1CCc2ccccc2C1.COC1CCN(C)CC1. The second kappa shape index (κ2) is 68.2. The van der Waals surface area contributed by atoms with Crippen LogP contribution in [-0.4, -0.2) is 390 Å². The van der Waals surface area contributed by atoms with E-state index >= 15 is 0 Å². The lowest BCUT2D eigenvalue weighted by atomic mass is 9.83. The topological polar surface area (TPSA) is 148 Å². The Balaban J connectivity index is 0.000000291. The number of nitrogens with zero attached hydrogens (tertiary/aromatic N) is 13. The molecule has 0 aromatic heterocycles. The molecule has 5 unspecified atom stereocenters. The summed E-state index contributed by atoms with van der Waals surface area (Å²) in [5.41, 5.74) is 5.15. The molecule has 748 valence electrons. The summed E-state index contributed by atoms with van der Waals surface area (Å²) in [5.74, 6) is 5.22. The van der Waals surface area contributed by atoms with Crippen LogP contribution in [-0.2, 0) is 38.4 Å². The number of ether oxygens (including phenoxy) is 3. The molecule has 13 fully saturated rings. The number of hydrogen-bond acceptors (Lipinski definition) is 19. The fourth-order valence-electron chi connectivity index (χ4n) is 19.5. The maximum Gasteiger partial charge on any atom is 0.303 e. The van der Waals surface area contributed by atoms with Gasteiger partial charge in [0, 0.05) is 117 Å². The van der Waals surface area contributed by atoms with Gasteiger partial charge in [-0.25, -0.2) is 0 Å². The maximum absolute atomic E-state index is 10.3. The van der Waals surface area contributed by atoms with Crippen molar-refractivity contribution in [3.63, 3.8) is 0 Å². The zero-order valence-corrected chi connectivity index (χ0v) is 88.0. The van der Waals surface area contributed by atoms with Gasteiger partial charge in [0.05, 0.1) is 36.6 Å². The number of hydrogen-bond donors (Lipinski definition) is 3. The normalized spacial score (nSPS) is 26.4. The van der Waals surface area contributed by atoms with Crippen molar-refractivity contribution in [3.8, 4) is 0 Å². The van der Waals surface area contributed by atoms with Gasteiger partial charge in [0.1, 0.15) is 0 Å². The van der Waals surface area contributed by atoms with Crippen molar-refractivity contribution < 1.29 is 34.3 Å². The highest BCUT2D eigenvalue weighted by Crippen LogP contribution is 2.31. The third kappa shape index (κ3) is 58.6. The van der Waals surface area contributed by atoms with Gasteiger partial charge in [0.2, 0.25) is 0 Å². The third-order valence-electron chi connectivity index (χ3n) is 29.5. The molecule has 0 radical (unpaired) electrons. The number of fused-ring (bicyclic) bond motifs is 1. The zero-order chi connectivity index (χ0) is 94.4. The molecule has 2 aromatic carbocycles. The van der Waals surface area contributed by atoms with Gasteiger partial charge in [-0.2, -0.15) is 0 Å². The summed E-state index contributed by atoms with van der Waals surface area (Å²) >= 11 is 0. The van der Waals surface area contributed by atoms with Gasteiger partial charge in [-0.15, -0.1) is 0 Å². The molecule has 20 nitrogen and oxygen atoms in total. The van der Waals surface area contributed by atoms with Crippen molar-refractivity contribution in [1.82, 2.24) is 63.7 Å². The predicted molar refractivity (Wildman–Crippen MR) is 546 cm³/mol. The van der Waals surface area contributed by atoms with E-state index in [4.69, 9.17) is 29.5 Å². The fourth-order valence-corrected chi connectivity index (χ4v) is 19.5. The molecule has 1 saturated carbocycles. The maximum atomic E-state index is 10.3. The van der Waals surface area contributed by atoms with Crippen LogP contribution in [0, 0.1) is 46.8 Å². The summed E-state index contributed by atoms with van der Waals surface area (Å²) < 4.78 is 16.7. The molecule has 128 heavy (non-hydrogen) atoms. The minimum atomic E-state index is -0.653. The molecule has 2 aromatic rings. The third-order valence-corrected chi connectivity index (χ3v) is 29.5. The highest BCUT2D eigenvalue weighted by Gasteiger charge is 2.30. The van der Waals surface area contributed by atoms with Crippen molar-refractivity contribution in [2.45, 2.75) is 317 Å². The summed E-state index contributed by atoms with van der Waals surface area (Å²) in [6.07, 6.45) is 39.7. The van der Waals surface area contributed by atoms with Gasteiger partial charge >= 0.3 is 5.97 Å². The first-order valence-corrected chi connectivity index (χ1v) is 52.3. The number of benzene rings is 2. The summed E-state index contributed by atoms with van der Waals surface area (Å²) in [6, 6.07) is 21.2. The average molecular weight is 1800 g/mol. The second-order valence-electron chi connectivity index (χ2n) is 44.0. The van der Waals surface area contributed by atoms with Crippen LogP contribution in [0.15, 0.2) is 54.6 Å². The molecule has 13 aliphatic heterocycles. The zero-order valence-electron chi connectivity index (χ0n) is 88.0. The van der Waals surface area contributed by atoms with E-state index in [1.54, 1.807) is 7.11 Å². The Labute approximate surface area is 790 Å². The van der Waals surface area contributed by atoms with Gasteiger partial charge < -0.3 is 93.2 Å². The van der Waals surface area contributed by atoms with Gasteiger partial charge in [0.25, 0.3) is 0 Å². The summed E-state index contributed by atoms with van der Waals surface area (Å²) in [4.78, 5) is 41.2. The highest BCUT2D eigenvalue weighted by atomic mass is 16.5. The van der Waals surface area contributed by atoms with Crippen LogP contribution in [0.2, 0.25) is 0 Å². The molecule has 13 heterocycles. The van der Waals surface area contributed by atoms with E-state index in [1.807, 2.05) is 0 Å². The largest absolute Gasteiger partial charge is 0.481 e. The summed E-state index contributed by atoms with van der Waals surface area (Å²) in [7, 11) is 30.1. The number of carboxylic acid groups (broad SMARTS) is 1. The van der Waals surface area contributed by atoms with E-state index in [0.717, 1.165) is 112 Å². The summed E-state index contributed by atoms with van der Waals surface area (Å²) in [6.45, 7) is 52.4. The van der Waals surface area contributed by atoms with E-state index in [9.17, 15) is 4.79 Å². The second-order valence-corrected chi connectivity index (χ2v) is 44.0. The van der Waals surface area contributed by atoms with Crippen LogP contribution in [0.5, 0.6) is 0 Å². The minimum Gasteiger partial charge on any atom is -0.481 e. The average Bonchev–Trinajstić information content (AvgIpc) is 1.94. The lowest BCUT2D eigenvalue weighted by Crippen LogP contribution is -2.40. The molecule has 0 bridgehead atoms. The number of aliphatic carboxylic acids is 1. The molecule has 0 amide bonds.